The first-order chi connectivity index (χ1) is 6.50. The van der Waals surface area contributed by atoms with E-state index in [1.165, 1.54) is 5.57 Å². The van der Waals surface area contributed by atoms with Gasteiger partial charge in [0.25, 0.3) is 0 Å². The van der Waals surface area contributed by atoms with Crippen molar-refractivity contribution in [3.05, 3.63) is 23.8 Å². The summed E-state index contributed by atoms with van der Waals surface area (Å²) in [5.41, 5.74) is 1.56. The molecule has 0 heterocycles. The monoisotopic (exact) mass is 210 g/mol. The van der Waals surface area contributed by atoms with E-state index >= 15 is 0 Å². The molecule has 1 aliphatic carbocycles. The smallest absolute Gasteiger partial charge is 0.156 e. The van der Waals surface area contributed by atoms with Crippen LogP contribution >= 0.6 is 8.58 Å². The lowest BCUT2D eigenvalue weighted by atomic mass is 9.99. The molecule has 0 aromatic rings. The molecular formula is C12H19OP. The molecular weight excluding hydrogens is 191 g/mol. The standard InChI is InChI=1S/C12H19OP/c1-12(2,3)11(13)14-9-10-7-5-4-6-8-10/h5,7-8,14H,4,6,9H2,1-3H3. The fraction of sp³-hybridized carbons (Fsp3) is 0.583. The zero-order chi connectivity index (χ0) is 10.6. The van der Waals surface area contributed by atoms with Gasteiger partial charge in [-0.25, -0.2) is 0 Å². The van der Waals surface area contributed by atoms with Crippen LogP contribution in [-0.2, 0) is 4.79 Å². The van der Waals surface area contributed by atoms with E-state index in [0.29, 0.717) is 14.1 Å². The first-order valence-electron chi connectivity index (χ1n) is 5.14. The molecule has 0 radical (unpaired) electrons. The number of allylic oxidation sites excluding steroid dienone is 4. The number of hydrogen-bond donors (Lipinski definition) is 0. The van der Waals surface area contributed by atoms with Gasteiger partial charge in [0.05, 0.1) is 0 Å². The summed E-state index contributed by atoms with van der Waals surface area (Å²) < 4.78 is 0. The Morgan fingerprint density at radius 1 is 1.43 bits per heavy atom. The van der Waals surface area contributed by atoms with Gasteiger partial charge in [0.15, 0.2) is 5.52 Å². The molecule has 0 amide bonds. The van der Waals surface area contributed by atoms with Crippen molar-refractivity contribution in [3.8, 4) is 0 Å². The molecule has 0 saturated carbocycles. The molecule has 1 unspecified atom stereocenters. The van der Waals surface area contributed by atoms with Gasteiger partial charge in [0.1, 0.15) is 0 Å². The highest BCUT2D eigenvalue weighted by Crippen LogP contribution is 2.29. The van der Waals surface area contributed by atoms with Crippen molar-refractivity contribution in [2.75, 3.05) is 6.16 Å². The molecule has 1 atom stereocenters. The molecule has 0 bridgehead atoms. The highest BCUT2D eigenvalue weighted by molar-refractivity contribution is 7.58. The van der Waals surface area contributed by atoms with Crippen LogP contribution in [0.15, 0.2) is 23.8 Å². The molecule has 1 nitrogen and oxygen atoms in total. The largest absolute Gasteiger partial charge is 0.294 e. The van der Waals surface area contributed by atoms with Crippen LogP contribution in [0.2, 0.25) is 0 Å². The van der Waals surface area contributed by atoms with Gasteiger partial charge in [0.2, 0.25) is 0 Å². The Balaban J connectivity index is 2.37. The van der Waals surface area contributed by atoms with Gasteiger partial charge in [-0.15, -0.1) is 0 Å². The van der Waals surface area contributed by atoms with Gasteiger partial charge in [-0.05, 0) is 33.2 Å². The van der Waals surface area contributed by atoms with E-state index in [4.69, 9.17) is 0 Å². The molecule has 0 saturated heterocycles. The minimum absolute atomic E-state index is 0.169. The molecule has 0 fully saturated rings. The van der Waals surface area contributed by atoms with Crippen molar-refractivity contribution in [1.82, 2.24) is 0 Å². The molecule has 0 aromatic heterocycles. The summed E-state index contributed by atoms with van der Waals surface area (Å²) in [5, 5.41) is 0. The summed E-state index contributed by atoms with van der Waals surface area (Å²) in [6.07, 6.45) is 9.84. The van der Waals surface area contributed by atoms with Gasteiger partial charge in [0, 0.05) is 5.41 Å². The summed E-state index contributed by atoms with van der Waals surface area (Å²) >= 11 is 0. The average Bonchev–Trinajstić information content (AvgIpc) is 2.14. The number of carbonyl (C=O) groups is 1. The third kappa shape index (κ3) is 3.75. The minimum Gasteiger partial charge on any atom is -0.294 e. The maximum Gasteiger partial charge on any atom is 0.156 e. The van der Waals surface area contributed by atoms with Crippen LogP contribution in [0.25, 0.3) is 0 Å². The van der Waals surface area contributed by atoms with Gasteiger partial charge < -0.3 is 0 Å². The van der Waals surface area contributed by atoms with Crippen molar-refractivity contribution in [3.63, 3.8) is 0 Å². The lowest BCUT2D eigenvalue weighted by Crippen LogP contribution is -2.15. The van der Waals surface area contributed by atoms with E-state index in [9.17, 15) is 4.79 Å². The second-order valence-corrected chi connectivity index (χ2v) is 5.85. The fourth-order valence-electron chi connectivity index (χ4n) is 1.25. The van der Waals surface area contributed by atoms with Crippen LogP contribution in [0.1, 0.15) is 33.6 Å². The van der Waals surface area contributed by atoms with Crippen LogP contribution in [0.3, 0.4) is 0 Å². The van der Waals surface area contributed by atoms with Crippen LogP contribution in [0.4, 0.5) is 0 Å². The second-order valence-electron chi connectivity index (χ2n) is 4.69. The van der Waals surface area contributed by atoms with Crippen molar-refractivity contribution in [2.45, 2.75) is 33.6 Å². The van der Waals surface area contributed by atoms with Crippen molar-refractivity contribution in [2.24, 2.45) is 5.41 Å². The minimum atomic E-state index is -0.169. The summed E-state index contributed by atoms with van der Waals surface area (Å²) in [6.45, 7) is 5.98. The normalized spacial score (nSPS) is 17.5. The summed E-state index contributed by atoms with van der Waals surface area (Å²) in [6, 6.07) is 0. The Bertz CT molecular complexity index is 269. The molecule has 0 aliphatic heterocycles. The lowest BCUT2D eigenvalue weighted by molar-refractivity contribution is -0.117. The van der Waals surface area contributed by atoms with Gasteiger partial charge in [-0.2, -0.15) is 0 Å². The van der Waals surface area contributed by atoms with E-state index in [1.807, 2.05) is 20.8 Å². The van der Waals surface area contributed by atoms with Gasteiger partial charge in [-0.3, -0.25) is 4.79 Å². The van der Waals surface area contributed by atoms with Gasteiger partial charge in [-0.1, -0.05) is 39.0 Å². The van der Waals surface area contributed by atoms with E-state index in [1.54, 1.807) is 0 Å². The van der Waals surface area contributed by atoms with E-state index in [-0.39, 0.29) is 5.41 Å². The maximum atomic E-state index is 11.7. The number of carbonyl (C=O) groups excluding carboxylic acids is 1. The Hall–Kier alpha value is -0.420. The van der Waals surface area contributed by atoms with Crippen LogP contribution in [-0.4, -0.2) is 11.7 Å². The fourth-order valence-corrected chi connectivity index (χ4v) is 2.40. The molecule has 1 aliphatic rings. The predicted octanol–water partition coefficient (Wildman–Crippen LogP) is 3.51. The topological polar surface area (TPSA) is 17.1 Å². The average molecular weight is 210 g/mol. The molecule has 2 heteroatoms. The van der Waals surface area contributed by atoms with Crippen molar-refractivity contribution in [1.29, 1.82) is 0 Å². The number of rotatable bonds is 3. The van der Waals surface area contributed by atoms with Gasteiger partial charge >= 0.3 is 0 Å². The highest BCUT2D eigenvalue weighted by atomic mass is 31.1. The van der Waals surface area contributed by atoms with Crippen LogP contribution in [0.5, 0.6) is 0 Å². The van der Waals surface area contributed by atoms with Crippen LogP contribution in [0, 0.1) is 5.41 Å². The van der Waals surface area contributed by atoms with Crippen LogP contribution < -0.4 is 0 Å². The SMILES string of the molecule is CC(C)(C)C(=O)PCC1=CCCC=C1. The zero-order valence-corrected chi connectivity index (χ0v) is 10.3. The maximum absolute atomic E-state index is 11.7. The Morgan fingerprint density at radius 2 is 2.14 bits per heavy atom. The van der Waals surface area contributed by atoms with Crippen molar-refractivity contribution >= 4 is 14.1 Å². The predicted molar refractivity (Wildman–Crippen MR) is 64.1 cm³/mol. The molecule has 14 heavy (non-hydrogen) atoms. The first kappa shape index (κ1) is 11.7. The Kier molecular flexibility index (Phi) is 4.07. The second kappa shape index (κ2) is 4.89. The van der Waals surface area contributed by atoms with E-state index < -0.39 is 0 Å². The van der Waals surface area contributed by atoms with E-state index in [2.05, 4.69) is 18.2 Å². The lowest BCUT2D eigenvalue weighted by Gasteiger charge is -2.16. The molecule has 78 valence electrons. The summed E-state index contributed by atoms with van der Waals surface area (Å²) in [7, 11) is 0.430. The number of hydrogen-bond acceptors (Lipinski definition) is 1. The highest BCUT2D eigenvalue weighted by Gasteiger charge is 2.20. The van der Waals surface area contributed by atoms with E-state index in [0.717, 1.165) is 19.0 Å². The molecule has 0 aromatic carbocycles. The van der Waals surface area contributed by atoms with Crippen molar-refractivity contribution < 1.29 is 4.79 Å². The Labute approximate surface area is 88.4 Å². The first-order valence-corrected chi connectivity index (χ1v) is 6.35. The third-order valence-electron chi connectivity index (χ3n) is 2.21. The molecule has 1 rings (SSSR count). The Morgan fingerprint density at radius 3 is 2.64 bits per heavy atom. The molecule has 0 spiro atoms. The quantitative estimate of drug-likeness (QED) is 0.651. The molecule has 0 N–H and O–H groups in total. The third-order valence-corrected chi connectivity index (χ3v) is 3.86. The zero-order valence-electron chi connectivity index (χ0n) is 9.26. The summed E-state index contributed by atoms with van der Waals surface area (Å²) in [5.74, 6) is 0. The summed E-state index contributed by atoms with van der Waals surface area (Å²) in [4.78, 5) is 11.7.